The summed E-state index contributed by atoms with van der Waals surface area (Å²) in [5.41, 5.74) is 0. The standard InChI is InChI=1S/C15H27N3/c1-3-13-5-7-14(8-6-13)11-16-12-15-17-9-10-18(15)4-2/h9-10,13-14,16H,3-8,11-12H2,1-2H3. The summed E-state index contributed by atoms with van der Waals surface area (Å²) in [6, 6.07) is 0. The Labute approximate surface area is 111 Å². The highest BCUT2D eigenvalue weighted by molar-refractivity contribution is 4.91. The van der Waals surface area contributed by atoms with Gasteiger partial charge in [-0.1, -0.05) is 26.2 Å². The summed E-state index contributed by atoms with van der Waals surface area (Å²) >= 11 is 0. The van der Waals surface area contributed by atoms with Crippen LogP contribution >= 0.6 is 0 Å². The summed E-state index contributed by atoms with van der Waals surface area (Å²) in [6.45, 7) is 7.57. The fourth-order valence-electron chi connectivity index (χ4n) is 3.03. The Morgan fingerprint density at radius 1 is 1.22 bits per heavy atom. The molecule has 0 aliphatic heterocycles. The highest BCUT2D eigenvalue weighted by atomic mass is 15.1. The fraction of sp³-hybridized carbons (Fsp3) is 0.800. The van der Waals surface area contributed by atoms with E-state index in [1.807, 2.05) is 6.20 Å². The van der Waals surface area contributed by atoms with Crippen LogP contribution in [0.15, 0.2) is 12.4 Å². The highest BCUT2D eigenvalue weighted by Gasteiger charge is 2.19. The number of nitrogens with zero attached hydrogens (tertiary/aromatic N) is 2. The molecule has 0 saturated heterocycles. The Hall–Kier alpha value is -0.830. The molecule has 0 amide bonds. The summed E-state index contributed by atoms with van der Waals surface area (Å²) in [5.74, 6) is 3.05. The number of aryl methyl sites for hydroxylation is 1. The van der Waals surface area contributed by atoms with E-state index < -0.39 is 0 Å². The van der Waals surface area contributed by atoms with Crippen molar-refractivity contribution in [2.75, 3.05) is 6.54 Å². The second-order valence-electron chi connectivity index (χ2n) is 5.56. The fourth-order valence-corrected chi connectivity index (χ4v) is 3.03. The summed E-state index contributed by atoms with van der Waals surface area (Å²) in [6.07, 6.45) is 11.0. The minimum absolute atomic E-state index is 0.887. The molecular formula is C15H27N3. The van der Waals surface area contributed by atoms with Crippen LogP contribution in [0.2, 0.25) is 0 Å². The van der Waals surface area contributed by atoms with Crippen LogP contribution < -0.4 is 5.32 Å². The van der Waals surface area contributed by atoms with Crippen molar-refractivity contribution in [2.24, 2.45) is 11.8 Å². The van der Waals surface area contributed by atoms with Gasteiger partial charge in [-0.2, -0.15) is 0 Å². The van der Waals surface area contributed by atoms with E-state index in [-0.39, 0.29) is 0 Å². The molecule has 1 fully saturated rings. The van der Waals surface area contributed by atoms with Crippen molar-refractivity contribution in [3.63, 3.8) is 0 Å². The van der Waals surface area contributed by atoms with Gasteiger partial charge in [0.25, 0.3) is 0 Å². The van der Waals surface area contributed by atoms with E-state index in [0.29, 0.717) is 0 Å². The molecule has 102 valence electrons. The van der Waals surface area contributed by atoms with Crippen LogP contribution in [0.5, 0.6) is 0 Å². The van der Waals surface area contributed by atoms with Gasteiger partial charge in [-0.15, -0.1) is 0 Å². The van der Waals surface area contributed by atoms with E-state index in [1.165, 1.54) is 37.9 Å². The van der Waals surface area contributed by atoms with E-state index in [4.69, 9.17) is 0 Å². The van der Waals surface area contributed by atoms with Crippen LogP contribution in [0.1, 0.15) is 51.8 Å². The van der Waals surface area contributed by atoms with Gasteiger partial charge in [0.1, 0.15) is 5.82 Å². The molecule has 0 bridgehead atoms. The normalized spacial score (nSPS) is 24.3. The first-order chi connectivity index (χ1) is 8.83. The summed E-state index contributed by atoms with van der Waals surface area (Å²) in [7, 11) is 0. The predicted molar refractivity (Wildman–Crippen MR) is 75.3 cm³/mol. The van der Waals surface area contributed by atoms with Crippen LogP contribution in [-0.2, 0) is 13.1 Å². The van der Waals surface area contributed by atoms with Crippen LogP contribution in [0.3, 0.4) is 0 Å². The Kier molecular flexibility index (Phi) is 5.24. The number of hydrogen-bond acceptors (Lipinski definition) is 2. The van der Waals surface area contributed by atoms with Crippen LogP contribution in [0, 0.1) is 11.8 Å². The van der Waals surface area contributed by atoms with Crippen molar-refractivity contribution in [3.8, 4) is 0 Å². The number of aromatic nitrogens is 2. The van der Waals surface area contributed by atoms with E-state index in [0.717, 1.165) is 31.5 Å². The Morgan fingerprint density at radius 3 is 2.61 bits per heavy atom. The Morgan fingerprint density at radius 2 is 1.94 bits per heavy atom. The average molecular weight is 249 g/mol. The van der Waals surface area contributed by atoms with Gasteiger partial charge in [0, 0.05) is 18.9 Å². The first-order valence-corrected chi connectivity index (χ1v) is 7.54. The van der Waals surface area contributed by atoms with Crippen molar-refractivity contribution >= 4 is 0 Å². The molecular weight excluding hydrogens is 222 g/mol. The summed E-state index contributed by atoms with van der Waals surface area (Å²) in [5, 5.41) is 3.58. The van der Waals surface area contributed by atoms with Gasteiger partial charge in [-0.05, 0) is 38.1 Å². The molecule has 18 heavy (non-hydrogen) atoms. The molecule has 0 aromatic carbocycles. The predicted octanol–water partition coefficient (Wildman–Crippen LogP) is 3.21. The largest absolute Gasteiger partial charge is 0.334 e. The zero-order valence-electron chi connectivity index (χ0n) is 11.9. The quantitative estimate of drug-likeness (QED) is 0.839. The number of nitrogens with one attached hydrogen (secondary N) is 1. The Bertz CT molecular complexity index is 337. The zero-order valence-corrected chi connectivity index (χ0v) is 11.9. The van der Waals surface area contributed by atoms with Gasteiger partial charge in [-0.3, -0.25) is 0 Å². The third kappa shape index (κ3) is 3.58. The van der Waals surface area contributed by atoms with Crippen LogP contribution in [0.25, 0.3) is 0 Å². The zero-order chi connectivity index (χ0) is 12.8. The minimum Gasteiger partial charge on any atom is -0.334 e. The first-order valence-electron chi connectivity index (χ1n) is 7.54. The minimum atomic E-state index is 0.887. The molecule has 0 unspecified atom stereocenters. The highest BCUT2D eigenvalue weighted by Crippen LogP contribution is 2.30. The van der Waals surface area contributed by atoms with Crippen molar-refractivity contribution in [2.45, 2.75) is 59.0 Å². The molecule has 0 spiro atoms. The Balaban J connectivity index is 1.67. The monoisotopic (exact) mass is 249 g/mol. The third-order valence-electron chi connectivity index (χ3n) is 4.40. The second-order valence-corrected chi connectivity index (χ2v) is 5.56. The SMILES string of the molecule is CCC1CCC(CNCc2nccn2CC)CC1. The number of hydrogen-bond donors (Lipinski definition) is 1. The van der Waals surface area contributed by atoms with Gasteiger partial charge >= 0.3 is 0 Å². The number of imidazole rings is 1. The lowest BCUT2D eigenvalue weighted by Crippen LogP contribution is -2.27. The summed E-state index contributed by atoms with van der Waals surface area (Å²) in [4.78, 5) is 4.40. The number of rotatable bonds is 6. The maximum Gasteiger partial charge on any atom is 0.122 e. The van der Waals surface area contributed by atoms with Gasteiger partial charge < -0.3 is 9.88 Å². The molecule has 1 aliphatic carbocycles. The lowest BCUT2D eigenvalue weighted by Gasteiger charge is -2.27. The molecule has 1 aromatic rings. The van der Waals surface area contributed by atoms with Gasteiger partial charge in [0.2, 0.25) is 0 Å². The molecule has 1 saturated carbocycles. The molecule has 3 nitrogen and oxygen atoms in total. The van der Waals surface area contributed by atoms with E-state index in [2.05, 4.69) is 34.9 Å². The molecule has 0 radical (unpaired) electrons. The van der Waals surface area contributed by atoms with Crippen LogP contribution in [0.4, 0.5) is 0 Å². The lowest BCUT2D eigenvalue weighted by atomic mass is 9.81. The second kappa shape index (κ2) is 6.93. The molecule has 1 heterocycles. The molecule has 2 rings (SSSR count). The molecule has 3 heteroatoms. The van der Waals surface area contributed by atoms with Crippen LogP contribution in [-0.4, -0.2) is 16.1 Å². The third-order valence-corrected chi connectivity index (χ3v) is 4.40. The van der Waals surface area contributed by atoms with Gasteiger partial charge in [0.15, 0.2) is 0 Å². The van der Waals surface area contributed by atoms with E-state index in [9.17, 15) is 0 Å². The molecule has 1 N–H and O–H groups in total. The molecule has 0 atom stereocenters. The summed E-state index contributed by atoms with van der Waals surface area (Å²) < 4.78 is 2.21. The molecule has 1 aliphatic rings. The van der Waals surface area contributed by atoms with Crippen molar-refractivity contribution < 1.29 is 0 Å². The van der Waals surface area contributed by atoms with E-state index in [1.54, 1.807) is 0 Å². The first kappa shape index (κ1) is 13.6. The smallest absolute Gasteiger partial charge is 0.122 e. The topological polar surface area (TPSA) is 29.9 Å². The molecule has 1 aromatic heterocycles. The van der Waals surface area contributed by atoms with E-state index >= 15 is 0 Å². The maximum absolute atomic E-state index is 4.40. The lowest BCUT2D eigenvalue weighted by molar-refractivity contribution is 0.262. The van der Waals surface area contributed by atoms with Crippen molar-refractivity contribution in [3.05, 3.63) is 18.2 Å². The average Bonchev–Trinajstić information content (AvgIpc) is 2.87. The van der Waals surface area contributed by atoms with Gasteiger partial charge in [-0.25, -0.2) is 4.98 Å². The van der Waals surface area contributed by atoms with Crippen molar-refractivity contribution in [1.82, 2.24) is 14.9 Å². The van der Waals surface area contributed by atoms with Gasteiger partial charge in [0.05, 0.1) is 6.54 Å². The maximum atomic E-state index is 4.40. The van der Waals surface area contributed by atoms with Crippen molar-refractivity contribution in [1.29, 1.82) is 0 Å².